The van der Waals surface area contributed by atoms with Crippen molar-refractivity contribution in [3.05, 3.63) is 0 Å². The van der Waals surface area contributed by atoms with Crippen molar-refractivity contribution in [1.82, 2.24) is 0 Å². The van der Waals surface area contributed by atoms with Crippen LogP contribution in [0.2, 0.25) is 0 Å². The summed E-state index contributed by atoms with van der Waals surface area (Å²) < 4.78 is 0. The van der Waals surface area contributed by atoms with E-state index in [0.717, 1.165) is 15.3 Å². The van der Waals surface area contributed by atoms with Crippen LogP contribution in [-0.2, 0) is 0 Å². The number of hydrogen-bond acceptors (Lipinski definition) is 6. The monoisotopic (exact) mass is 278 g/mol. The highest BCUT2D eigenvalue weighted by atomic mass is 32.2. The Morgan fingerprint density at radius 3 is 1.67 bits per heavy atom. The second kappa shape index (κ2) is 11.2. The van der Waals surface area contributed by atoms with E-state index in [1.54, 1.807) is 0 Å². The van der Waals surface area contributed by atoms with Gasteiger partial charge in [0.05, 0.1) is 0 Å². The Morgan fingerprint density at radius 1 is 0.833 bits per heavy atom. The topological polar surface area (TPSA) is 0 Å². The van der Waals surface area contributed by atoms with Gasteiger partial charge in [-0.1, -0.05) is 0 Å². The van der Waals surface area contributed by atoms with Crippen molar-refractivity contribution in [2.45, 2.75) is 5.25 Å². The summed E-state index contributed by atoms with van der Waals surface area (Å²) in [5.41, 5.74) is 0. The number of hydrogen-bond donors (Lipinski definition) is 3. The molecule has 0 aromatic rings. The first-order chi connectivity index (χ1) is 5.85. The molecule has 6 heteroatoms. The van der Waals surface area contributed by atoms with Crippen LogP contribution in [0.3, 0.4) is 0 Å². The van der Waals surface area contributed by atoms with Gasteiger partial charge in [-0.25, -0.2) is 0 Å². The van der Waals surface area contributed by atoms with Gasteiger partial charge in [0.15, 0.2) is 0 Å². The van der Waals surface area contributed by atoms with E-state index >= 15 is 0 Å². The molecule has 0 aromatic carbocycles. The highest BCUT2D eigenvalue weighted by Gasteiger charge is 2.07. The van der Waals surface area contributed by atoms with Crippen LogP contribution in [0.25, 0.3) is 0 Å². The molecule has 0 aliphatic rings. The fourth-order valence-electron chi connectivity index (χ4n) is 0.618. The zero-order valence-corrected chi connectivity index (χ0v) is 11.8. The highest BCUT2D eigenvalue weighted by molar-refractivity contribution is 8.13. The van der Waals surface area contributed by atoms with Crippen molar-refractivity contribution in [2.75, 3.05) is 26.8 Å². The first-order valence-electron chi connectivity index (χ1n) is 3.44. The molecule has 0 unspecified atom stereocenters. The van der Waals surface area contributed by atoms with E-state index < -0.39 is 0 Å². The van der Waals surface area contributed by atoms with Crippen LogP contribution < -0.4 is 0 Å². The number of thioether (sulfide) groups is 3. The number of thiol groups is 3. The summed E-state index contributed by atoms with van der Waals surface area (Å²) in [5, 5.41) is 3.44. The van der Waals surface area contributed by atoms with Crippen LogP contribution >= 0.6 is 73.2 Å². The quantitative estimate of drug-likeness (QED) is 0.461. The van der Waals surface area contributed by atoms with E-state index in [-0.39, 0.29) is 0 Å². The van der Waals surface area contributed by atoms with Gasteiger partial charge >= 0.3 is 0 Å². The molecule has 0 rings (SSSR count). The van der Waals surface area contributed by atoms with E-state index in [1.807, 2.05) is 35.3 Å². The molecule has 0 nitrogen and oxygen atoms in total. The van der Waals surface area contributed by atoms with E-state index in [0.29, 0.717) is 5.25 Å². The van der Waals surface area contributed by atoms with Gasteiger partial charge in [-0.15, -0.1) is 11.8 Å². The summed E-state index contributed by atoms with van der Waals surface area (Å²) in [7, 11) is 0. The molecule has 0 fully saturated rings. The average molecular weight is 279 g/mol. The molecule has 0 aliphatic carbocycles. The first kappa shape index (κ1) is 14.1. The molecule has 0 aromatic heterocycles. The lowest BCUT2D eigenvalue weighted by atomic mass is 10.5. The van der Waals surface area contributed by atoms with Gasteiger partial charge < -0.3 is 0 Å². The first-order valence-corrected chi connectivity index (χ1v) is 8.70. The smallest absolute Gasteiger partial charge is 0.0365 e. The number of rotatable bonds is 8. The zero-order chi connectivity index (χ0) is 9.23. The molecule has 0 N–H and O–H groups in total. The molecule has 0 saturated carbocycles. The average Bonchev–Trinajstić information content (AvgIpc) is 2.10. The Labute approximate surface area is 104 Å². The summed E-state index contributed by atoms with van der Waals surface area (Å²) in [6.45, 7) is 0. The molecular formula is C6H14S6. The minimum absolute atomic E-state index is 0.705. The van der Waals surface area contributed by atoms with Gasteiger partial charge in [0, 0.05) is 32.0 Å². The standard InChI is InChI=1S/C6H14S6/c7-3-10-1-6(12-5-9)2-11-4-8/h6-9H,1-5H2. The van der Waals surface area contributed by atoms with E-state index in [1.165, 1.54) is 11.5 Å². The Morgan fingerprint density at radius 2 is 1.33 bits per heavy atom. The fraction of sp³-hybridized carbons (Fsp3) is 1.00. The zero-order valence-electron chi connectivity index (χ0n) is 6.68. The van der Waals surface area contributed by atoms with Gasteiger partial charge in [-0.05, 0) is 0 Å². The van der Waals surface area contributed by atoms with Crippen molar-refractivity contribution < 1.29 is 0 Å². The lowest BCUT2D eigenvalue weighted by molar-refractivity contribution is 1.15. The summed E-state index contributed by atoms with van der Waals surface area (Å²) in [4.78, 5) is 0. The van der Waals surface area contributed by atoms with Gasteiger partial charge in [-0.3, -0.25) is 0 Å². The molecule has 12 heavy (non-hydrogen) atoms. The third-order valence-electron chi connectivity index (χ3n) is 1.10. The van der Waals surface area contributed by atoms with Crippen LogP contribution in [0.1, 0.15) is 0 Å². The van der Waals surface area contributed by atoms with E-state index in [4.69, 9.17) is 0 Å². The third-order valence-corrected chi connectivity index (χ3v) is 5.66. The van der Waals surface area contributed by atoms with Gasteiger partial charge in [0.1, 0.15) is 0 Å². The lowest BCUT2D eigenvalue weighted by Gasteiger charge is -2.13. The fourth-order valence-corrected chi connectivity index (χ4v) is 4.56. The minimum Gasteiger partial charge on any atom is -0.168 e. The van der Waals surface area contributed by atoms with Gasteiger partial charge in [-0.2, -0.15) is 61.4 Å². The van der Waals surface area contributed by atoms with Crippen LogP contribution in [0.15, 0.2) is 0 Å². The van der Waals surface area contributed by atoms with Gasteiger partial charge in [0.25, 0.3) is 0 Å². The van der Waals surface area contributed by atoms with Crippen molar-refractivity contribution in [2.24, 2.45) is 0 Å². The molecule has 0 amide bonds. The summed E-state index contributed by atoms with van der Waals surface area (Å²) in [6, 6.07) is 0. The van der Waals surface area contributed by atoms with Crippen molar-refractivity contribution in [3.8, 4) is 0 Å². The Bertz CT molecular complexity index is 80.1. The Balaban J connectivity index is 3.40. The second-order valence-electron chi connectivity index (χ2n) is 1.92. The van der Waals surface area contributed by atoms with Crippen LogP contribution in [0.4, 0.5) is 0 Å². The molecule has 0 bridgehead atoms. The third kappa shape index (κ3) is 8.69. The largest absolute Gasteiger partial charge is 0.168 e. The predicted octanol–water partition coefficient (Wildman–Crippen LogP) is 3.22. The molecule has 0 spiro atoms. The maximum Gasteiger partial charge on any atom is 0.0365 e. The van der Waals surface area contributed by atoms with Crippen LogP contribution in [0.5, 0.6) is 0 Å². The molecule has 0 saturated heterocycles. The molecule has 0 atom stereocenters. The minimum atomic E-state index is 0.705. The van der Waals surface area contributed by atoms with Gasteiger partial charge in [0.2, 0.25) is 0 Å². The highest BCUT2D eigenvalue weighted by Crippen LogP contribution is 2.22. The summed E-state index contributed by atoms with van der Waals surface area (Å²) in [6.07, 6.45) is 0. The van der Waals surface area contributed by atoms with Crippen LogP contribution in [-0.4, -0.2) is 32.0 Å². The van der Waals surface area contributed by atoms with Crippen molar-refractivity contribution in [3.63, 3.8) is 0 Å². The van der Waals surface area contributed by atoms with Crippen molar-refractivity contribution >= 4 is 73.2 Å². The Hall–Kier alpha value is 2.10. The van der Waals surface area contributed by atoms with E-state index in [9.17, 15) is 0 Å². The van der Waals surface area contributed by atoms with Crippen molar-refractivity contribution in [1.29, 1.82) is 0 Å². The van der Waals surface area contributed by atoms with E-state index in [2.05, 4.69) is 37.9 Å². The normalized spacial score (nSPS) is 11.0. The summed E-state index contributed by atoms with van der Waals surface area (Å²) in [5.74, 6) is 2.35. The Kier molecular flexibility index (Phi) is 13.1. The molecular weight excluding hydrogens is 264 g/mol. The SMILES string of the molecule is SCSCC(CSCS)SCS. The predicted molar refractivity (Wildman–Crippen MR) is 77.9 cm³/mol. The maximum atomic E-state index is 4.21. The van der Waals surface area contributed by atoms with Crippen LogP contribution in [0, 0.1) is 0 Å². The summed E-state index contributed by atoms with van der Waals surface area (Å²) >= 11 is 18.2. The lowest BCUT2D eigenvalue weighted by Crippen LogP contribution is -2.10. The maximum absolute atomic E-state index is 4.21. The second-order valence-corrected chi connectivity index (χ2v) is 7.50. The molecule has 0 heterocycles. The molecule has 74 valence electrons. The molecule has 0 radical (unpaired) electrons. The molecule has 0 aliphatic heterocycles.